The van der Waals surface area contributed by atoms with Gasteiger partial charge in [-0.15, -0.1) is 0 Å². The molecule has 6 heteroatoms. The van der Waals surface area contributed by atoms with Gasteiger partial charge in [-0.2, -0.15) is 0 Å². The summed E-state index contributed by atoms with van der Waals surface area (Å²) in [5.41, 5.74) is 15.2. The number of anilines is 10. The molecular formula is C77H70N6. The Balaban J connectivity index is 1.05. The van der Waals surface area contributed by atoms with Gasteiger partial charge in [0, 0.05) is 69.2 Å². The highest BCUT2D eigenvalue weighted by atomic mass is 15.4. The molecule has 0 atom stereocenters. The van der Waals surface area contributed by atoms with Gasteiger partial charge in [0.1, 0.15) is 12.5 Å². The van der Waals surface area contributed by atoms with E-state index in [1.165, 1.54) is 0 Å². The van der Waals surface area contributed by atoms with Crippen molar-refractivity contribution in [2.45, 2.75) is 78.6 Å². The fourth-order valence-electron chi connectivity index (χ4n) is 11.5. The van der Waals surface area contributed by atoms with Crippen LogP contribution in [0.3, 0.4) is 0 Å². The van der Waals surface area contributed by atoms with Crippen molar-refractivity contribution in [2.75, 3.05) is 26.3 Å². The largest absolute Gasteiger partial charge is 0.321 e. The van der Waals surface area contributed by atoms with Crippen molar-refractivity contribution >= 4 is 57.0 Å². The first kappa shape index (κ1) is 42.3. The van der Waals surface area contributed by atoms with Gasteiger partial charge in [-0.1, -0.05) is 196 Å². The van der Waals surface area contributed by atoms with Crippen molar-refractivity contribution in [1.82, 2.24) is 9.97 Å². The van der Waals surface area contributed by atoms with Crippen LogP contribution in [0.25, 0.3) is 55.6 Å². The molecule has 4 heterocycles. The number of benzene rings is 9. The maximum atomic E-state index is 9.51. The Labute approximate surface area is 504 Å². The molecule has 9 aromatic carbocycles. The van der Waals surface area contributed by atoms with E-state index in [4.69, 9.17) is 13.2 Å². The normalized spacial score (nSPS) is 14.7. The number of pyridine rings is 2. The first-order chi connectivity index (χ1) is 44.2. The maximum absolute atomic E-state index is 9.51. The van der Waals surface area contributed by atoms with Gasteiger partial charge >= 0.3 is 0 Å². The third kappa shape index (κ3) is 9.92. The summed E-state index contributed by atoms with van der Waals surface area (Å²) in [5.74, 6) is 0.766. The second-order valence-corrected chi connectivity index (χ2v) is 24.5. The summed E-state index contributed by atoms with van der Waals surface area (Å²) in [4.78, 5) is 18.5. The lowest BCUT2D eigenvalue weighted by Gasteiger charge is -2.33. The van der Waals surface area contributed by atoms with Crippen molar-refractivity contribution in [2.24, 2.45) is 0 Å². The highest BCUT2D eigenvalue weighted by Gasteiger charge is 2.35. The molecule has 13 rings (SSSR count). The first-order valence-corrected chi connectivity index (χ1v) is 28.2. The van der Waals surface area contributed by atoms with Crippen molar-refractivity contribution in [1.29, 1.82) is 0 Å². The zero-order chi connectivity index (χ0) is 65.9. The van der Waals surface area contributed by atoms with Crippen molar-refractivity contribution < 1.29 is 13.7 Å². The number of rotatable bonds is 9. The summed E-state index contributed by atoms with van der Waals surface area (Å²) in [5, 5.41) is 0. The van der Waals surface area contributed by atoms with E-state index >= 15 is 0 Å². The van der Waals surface area contributed by atoms with E-state index in [2.05, 4.69) is 170 Å². The minimum atomic E-state index is -0.643. The average Bonchev–Trinajstić information content (AvgIpc) is 1.72. The summed E-state index contributed by atoms with van der Waals surface area (Å²) >= 11 is 0. The minimum Gasteiger partial charge on any atom is -0.321 e. The predicted octanol–water partition coefficient (Wildman–Crippen LogP) is 21.2. The Kier molecular flexibility index (Phi) is 10.6. The number of hydrogen-bond donors (Lipinski definition) is 0. The van der Waals surface area contributed by atoms with Gasteiger partial charge in [-0.3, -0.25) is 9.88 Å². The van der Waals surface area contributed by atoms with Crippen molar-refractivity contribution in [3.63, 3.8) is 0 Å². The third-order valence-electron chi connectivity index (χ3n) is 15.9. The van der Waals surface area contributed by atoms with Gasteiger partial charge in [0.05, 0.1) is 42.1 Å². The minimum absolute atomic E-state index is 0.0827. The Morgan fingerprint density at radius 2 is 1.01 bits per heavy atom. The van der Waals surface area contributed by atoms with Crippen LogP contribution in [0.2, 0.25) is 0 Å². The van der Waals surface area contributed by atoms with Gasteiger partial charge in [0.2, 0.25) is 0 Å². The van der Waals surface area contributed by atoms with Gasteiger partial charge in [0.25, 0.3) is 0 Å². The molecule has 2 aliphatic rings. The Hall–Kier alpha value is -9.52. The van der Waals surface area contributed by atoms with E-state index in [9.17, 15) is 5.48 Å². The van der Waals surface area contributed by atoms with E-state index in [1.807, 2.05) is 98.7 Å². The molecule has 2 aromatic heterocycles. The monoisotopic (exact) mass is 1090 g/mol. The van der Waals surface area contributed by atoms with Crippen LogP contribution in [0.4, 0.5) is 57.0 Å². The molecule has 6 nitrogen and oxygen atoms in total. The van der Waals surface area contributed by atoms with E-state index in [1.54, 1.807) is 6.20 Å². The van der Waals surface area contributed by atoms with Gasteiger partial charge in [-0.05, 0) is 158 Å². The molecule has 0 aliphatic carbocycles. The van der Waals surface area contributed by atoms with Gasteiger partial charge in [-0.25, -0.2) is 4.98 Å². The molecule has 2 aliphatic heterocycles. The van der Waals surface area contributed by atoms with E-state index in [0.29, 0.717) is 16.9 Å². The van der Waals surface area contributed by atoms with Gasteiger partial charge in [0.15, 0.2) is 0 Å². The lowest BCUT2D eigenvalue weighted by atomic mass is 9.82. The average molecular weight is 1090 g/mol. The molecule has 0 amide bonds. The number of para-hydroxylation sites is 3. The number of nitrogens with zero attached hydrogens (tertiary/aromatic N) is 6. The van der Waals surface area contributed by atoms with Crippen LogP contribution >= 0.6 is 0 Å². The molecule has 0 radical (unpaired) electrons. The van der Waals surface area contributed by atoms with Crippen LogP contribution in [0.15, 0.2) is 249 Å². The molecule has 0 saturated heterocycles. The Morgan fingerprint density at radius 3 is 1.65 bits per heavy atom. The number of aromatic nitrogens is 2. The zero-order valence-electron chi connectivity index (χ0n) is 58.3. The van der Waals surface area contributed by atoms with E-state index in [-0.39, 0.29) is 34.3 Å². The molecule has 0 saturated carbocycles. The zero-order valence-corrected chi connectivity index (χ0v) is 48.3. The van der Waals surface area contributed by atoms with Crippen LogP contribution in [-0.2, 0) is 16.2 Å². The molecule has 11 aromatic rings. The number of hydrogen-bond acceptors (Lipinski definition) is 6. The predicted molar refractivity (Wildman–Crippen MR) is 350 cm³/mol. The molecule has 83 heavy (non-hydrogen) atoms. The van der Waals surface area contributed by atoms with Crippen LogP contribution in [-0.4, -0.2) is 16.6 Å². The summed E-state index contributed by atoms with van der Waals surface area (Å²) in [6.45, 7) is 19.2. The van der Waals surface area contributed by atoms with Crippen LogP contribution in [0.5, 0.6) is 0 Å². The first-order valence-electron chi connectivity index (χ1n) is 33.2. The van der Waals surface area contributed by atoms with Crippen molar-refractivity contribution in [3.05, 3.63) is 266 Å². The van der Waals surface area contributed by atoms with Gasteiger partial charge < -0.3 is 14.7 Å². The Bertz CT molecular complexity index is 4670. The summed E-state index contributed by atoms with van der Waals surface area (Å²) < 4.78 is 91.3. The Morgan fingerprint density at radius 1 is 0.398 bits per heavy atom. The second-order valence-electron chi connectivity index (χ2n) is 24.5. The topological polar surface area (TPSA) is 38.7 Å². The second kappa shape index (κ2) is 20.8. The highest BCUT2D eigenvalue weighted by molar-refractivity contribution is 6.05. The fourth-order valence-corrected chi connectivity index (χ4v) is 11.5. The lowest BCUT2D eigenvalue weighted by molar-refractivity contribution is 0.589. The number of fused-ring (bicyclic) bond motifs is 6. The summed E-state index contributed by atoms with van der Waals surface area (Å²) in [7, 11) is 0. The summed E-state index contributed by atoms with van der Waals surface area (Å²) in [6, 6.07) is 53.7. The molecule has 0 spiro atoms. The molecule has 0 N–H and O–H groups in total. The fraction of sp³-hybridized carbons (Fsp3) is 0.169. The third-order valence-corrected chi connectivity index (χ3v) is 15.9. The molecule has 0 fully saturated rings. The molecule has 0 unspecified atom stereocenters. The molecule has 408 valence electrons. The summed E-state index contributed by atoms with van der Waals surface area (Å²) in [6.07, 6.45) is 5.59. The standard InChI is InChI=1S/C77H70N6/c1-75(2,3)56-39-41-79-73(47-56)83-69-38-35-54(55-28-23-40-78-50-55)42-68(69)64-32-20-19-31-63(64)65-37-36-60(49-72(65)83)82(59-29-17-12-18-30-59)62-44-57(76(4,5)6)43-61(48-62)80-51-81(71-34-22-21-33-70(71)80)74-66(52-24-13-10-14-25-52)45-58(77(7,8)9)46-67(74)53-26-15-11-16-27-53/h10-50H,51H2,1-9H3/i10D,11D,13D,14D,15D,16D,24D,25D,26D,27D. The van der Waals surface area contributed by atoms with E-state index < -0.39 is 71.3 Å². The van der Waals surface area contributed by atoms with Crippen LogP contribution in [0, 0.1) is 0 Å². The molecule has 0 bridgehead atoms. The molecular weight excluding hydrogens is 1010 g/mol. The van der Waals surface area contributed by atoms with Crippen LogP contribution in [0.1, 0.15) is 92.7 Å². The quantitative estimate of drug-likeness (QED) is 0.143. The highest BCUT2D eigenvalue weighted by Crippen LogP contribution is 2.55. The smallest absolute Gasteiger partial charge is 0.137 e. The lowest BCUT2D eigenvalue weighted by Crippen LogP contribution is -2.26. The maximum Gasteiger partial charge on any atom is 0.137 e. The van der Waals surface area contributed by atoms with E-state index in [0.717, 1.165) is 90.1 Å². The SMILES string of the molecule is [2H]c1c([2H])c([2H])c(-c2cc(C(C)(C)C)cc(-c3c([2H])c([2H])c([2H])c([2H])c3[2H])c2N2CN(c3cc(N(c4ccccc4)c4ccc5c(c4)N(c4cc(C(C)(C)C)ccn4)c4ccc(-c6cccnc6)cc4-c4ccccc4-5)cc(C(C)(C)C)c3)c3ccccc32)c([2H])c1[2H]. The van der Waals surface area contributed by atoms with Crippen LogP contribution < -0.4 is 19.6 Å². The van der Waals surface area contributed by atoms with Crippen molar-refractivity contribution in [3.8, 4) is 55.6 Å².